The lowest BCUT2D eigenvalue weighted by atomic mass is 9.91. The lowest BCUT2D eigenvalue weighted by Gasteiger charge is -2.31. The number of aromatic nitrogens is 1. The number of nitrogens with one attached hydrogen (secondary N) is 2. The summed E-state index contributed by atoms with van der Waals surface area (Å²) in [7, 11) is 1.69. The Bertz CT molecular complexity index is 1350. The number of para-hydroxylation sites is 1. The van der Waals surface area contributed by atoms with Gasteiger partial charge in [0.15, 0.2) is 0 Å². The minimum Gasteiger partial charge on any atom is -0.495 e. The second-order valence-electron chi connectivity index (χ2n) is 10.4. The van der Waals surface area contributed by atoms with E-state index in [2.05, 4.69) is 27.8 Å². The molecule has 2 N–H and O–H groups in total. The van der Waals surface area contributed by atoms with Gasteiger partial charge in [-0.2, -0.15) is 0 Å². The summed E-state index contributed by atoms with van der Waals surface area (Å²) in [6.07, 6.45) is 7.01. The van der Waals surface area contributed by atoms with Crippen LogP contribution in [0.4, 0.5) is 10.5 Å². The van der Waals surface area contributed by atoms with Gasteiger partial charge in [-0.1, -0.05) is 18.2 Å². The van der Waals surface area contributed by atoms with Crippen molar-refractivity contribution in [3.05, 3.63) is 54.9 Å². The fourth-order valence-corrected chi connectivity index (χ4v) is 4.87. The molecule has 1 aliphatic rings. The highest BCUT2D eigenvalue weighted by atomic mass is 16.6. The van der Waals surface area contributed by atoms with Crippen molar-refractivity contribution in [3.63, 3.8) is 0 Å². The van der Waals surface area contributed by atoms with Crippen molar-refractivity contribution in [3.8, 4) is 17.1 Å². The molecule has 36 heavy (non-hydrogen) atoms. The molecule has 7 heteroatoms. The second kappa shape index (κ2) is 9.72. The van der Waals surface area contributed by atoms with Crippen LogP contribution in [-0.4, -0.2) is 35.9 Å². The number of carbonyl (C=O) groups excluding carboxylic acids is 1. The average Bonchev–Trinajstić information content (AvgIpc) is 3.27. The highest BCUT2D eigenvalue weighted by molar-refractivity contribution is 5.99. The number of rotatable bonds is 5. The largest absolute Gasteiger partial charge is 0.495 e. The number of anilines is 1. The van der Waals surface area contributed by atoms with Crippen LogP contribution in [0, 0.1) is 0 Å². The van der Waals surface area contributed by atoms with Gasteiger partial charge in [-0.3, -0.25) is 4.98 Å². The Morgan fingerprint density at radius 2 is 1.75 bits per heavy atom. The standard InChI is InChI=1S/C29H33N3O4/c1-29(2,3)36-28(33)32-21-11-9-20(10-12-21)31-24-15-22-19(14-27(24)34-4)16-30-17-23(22)26-13-18-7-5-6-8-25(18)35-26/h5-8,13-17,20-21,31H,9-12H2,1-4H3,(H,32,33)/t20-,21-. The summed E-state index contributed by atoms with van der Waals surface area (Å²) in [5.41, 5.74) is 2.25. The van der Waals surface area contributed by atoms with Gasteiger partial charge < -0.3 is 24.5 Å². The van der Waals surface area contributed by atoms with E-state index in [1.165, 1.54) is 0 Å². The molecule has 0 aliphatic heterocycles. The number of hydrogen-bond donors (Lipinski definition) is 2. The first kappa shape index (κ1) is 24.0. The molecule has 0 saturated heterocycles. The van der Waals surface area contributed by atoms with E-state index in [4.69, 9.17) is 13.9 Å². The number of benzene rings is 2. The van der Waals surface area contributed by atoms with E-state index < -0.39 is 5.60 Å². The van der Waals surface area contributed by atoms with Crippen LogP contribution in [0.15, 0.2) is 59.3 Å². The molecule has 1 saturated carbocycles. The maximum Gasteiger partial charge on any atom is 0.407 e. The number of amides is 1. The third-order valence-electron chi connectivity index (χ3n) is 6.58. The van der Waals surface area contributed by atoms with Crippen LogP contribution in [0.3, 0.4) is 0 Å². The first-order chi connectivity index (χ1) is 17.3. The molecule has 0 bridgehead atoms. The van der Waals surface area contributed by atoms with Crippen LogP contribution in [0.25, 0.3) is 33.1 Å². The van der Waals surface area contributed by atoms with Crippen LogP contribution >= 0.6 is 0 Å². The Morgan fingerprint density at radius 1 is 1.00 bits per heavy atom. The highest BCUT2D eigenvalue weighted by Crippen LogP contribution is 2.38. The fourth-order valence-electron chi connectivity index (χ4n) is 4.87. The van der Waals surface area contributed by atoms with Gasteiger partial charge in [0, 0.05) is 40.8 Å². The summed E-state index contributed by atoms with van der Waals surface area (Å²) in [5.74, 6) is 1.57. The lowest BCUT2D eigenvalue weighted by molar-refractivity contribution is 0.0492. The zero-order chi connectivity index (χ0) is 25.3. The Kier molecular flexibility index (Phi) is 6.48. The van der Waals surface area contributed by atoms with Crippen LogP contribution in [0.5, 0.6) is 5.75 Å². The van der Waals surface area contributed by atoms with E-state index in [9.17, 15) is 4.79 Å². The zero-order valence-electron chi connectivity index (χ0n) is 21.3. The van der Waals surface area contributed by atoms with Gasteiger partial charge in [-0.05, 0) is 76.1 Å². The highest BCUT2D eigenvalue weighted by Gasteiger charge is 2.25. The van der Waals surface area contributed by atoms with E-state index >= 15 is 0 Å². The minimum atomic E-state index is -0.494. The van der Waals surface area contributed by atoms with Crippen molar-refractivity contribution in [2.45, 2.75) is 64.1 Å². The predicted molar refractivity (Wildman–Crippen MR) is 143 cm³/mol. The number of alkyl carbamates (subject to hydrolysis) is 1. The van der Waals surface area contributed by atoms with Gasteiger partial charge in [0.25, 0.3) is 0 Å². The molecular formula is C29H33N3O4. The Labute approximate surface area is 211 Å². The molecule has 0 unspecified atom stereocenters. The summed E-state index contributed by atoms with van der Waals surface area (Å²) >= 11 is 0. The molecule has 4 aromatic rings. The number of ether oxygens (including phenoxy) is 2. The van der Waals surface area contributed by atoms with Gasteiger partial charge in [-0.25, -0.2) is 4.79 Å². The molecule has 2 heterocycles. The summed E-state index contributed by atoms with van der Waals surface area (Å²) in [5, 5.41) is 9.80. The third-order valence-corrected chi connectivity index (χ3v) is 6.58. The van der Waals surface area contributed by atoms with E-state index in [1.807, 2.05) is 63.5 Å². The Morgan fingerprint density at radius 3 is 2.47 bits per heavy atom. The molecular weight excluding hydrogens is 454 g/mol. The molecule has 0 spiro atoms. The SMILES string of the molecule is COc1cc2cncc(-c3cc4ccccc4o3)c2cc1N[C@H]1CC[C@H](NC(=O)OC(C)(C)C)CC1. The topological polar surface area (TPSA) is 85.6 Å². The molecule has 5 rings (SSSR count). The monoisotopic (exact) mass is 487 g/mol. The number of fused-ring (bicyclic) bond motifs is 2. The number of methoxy groups -OCH3 is 1. The first-order valence-corrected chi connectivity index (χ1v) is 12.5. The van der Waals surface area contributed by atoms with Crippen molar-refractivity contribution in [2.75, 3.05) is 12.4 Å². The lowest BCUT2D eigenvalue weighted by Crippen LogP contribution is -2.42. The van der Waals surface area contributed by atoms with Crippen LogP contribution in [0.2, 0.25) is 0 Å². The molecule has 1 fully saturated rings. The molecule has 7 nitrogen and oxygen atoms in total. The summed E-state index contributed by atoms with van der Waals surface area (Å²) < 4.78 is 17.3. The Balaban J connectivity index is 1.34. The van der Waals surface area contributed by atoms with Crippen molar-refractivity contribution in [1.82, 2.24) is 10.3 Å². The van der Waals surface area contributed by atoms with Crippen molar-refractivity contribution in [2.24, 2.45) is 0 Å². The quantitative estimate of drug-likeness (QED) is 0.318. The third kappa shape index (κ3) is 5.25. The molecule has 0 radical (unpaired) electrons. The second-order valence-corrected chi connectivity index (χ2v) is 10.4. The van der Waals surface area contributed by atoms with E-state index in [-0.39, 0.29) is 18.2 Å². The average molecular weight is 488 g/mol. The summed E-state index contributed by atoms with van der Waals surface area (Å²) in [6, 6.07) is 14.6. The number of nitrogens with zero attached hydrogens (tertiary/aromatic N) is 1. The number of pyridine rings is 1. The zero-order valence-corrected chi connectivity index (χ0v) is 21.3. The predicted octanol–water partition coefficient (Wildman–Crippen LogP) is 6.90. The smallest absolute Gasteiger partial charge is 0.407 e. The van der Waals surface area contributed by atoms with Crippen LogP contribution < -0.4 is 15.4 Å². The Hall–Kier alpha value is -3.74. The van der Waals surface area contributed by atoms with Gasteiger partial charge in [0.05, 0.1) is 12.8 Å². The molecule has 0 atom stereocenters. The number of hydrogen-bond acceptors (Lipinski definition) is 6. The van der Waals surface area contributed by atoms with E-state index in [1.54, 1.807) is 7.11 Å². The molecule has 188 valence electrons. The van der Waals surface area contributed by atoms with Crippen molar-refractivity contribution in [1.29, 1.82) is 0 Å². The van der Waals surface area contributed by atoms with E-state index in [0.717, 1.165) is 70.2 Å². The van der Waals surface area contributed by atoms with Gasteiger partial charge in [0.1, 0.15) is 22.7 Å². The van der Waals surface area contributed by atoms with Gasteiger partial charge in [-0.15, -0.1) is 0 Å². The molecule has 1 aliphatic carbocycles. The van der Waals surface area contributed by atoms with E-state index in [0.29, 0.717) is 0 Å². The summed E-state index contributed by atoms with van der Waals surface area (Å²) in [4.78, 5) is 16.6. The molecule has 1 amide bonds. The first-order valence-electron chi connectivity index (χ1n) is 12.5. The molecule has 2 aromatic carbocycles. The van der Waals surface area contributed by atoms with Crippen LogP contribution in [0.1, 0.15) is 46.5 Å². The molecule has 2 aromatic heterocycles. The number of furan rings is 1. The maximum absolute atomic E-state index is 12.1. The normalized spacial score (nSPS) is 18.2. The van der Waals surface area contributed by atoms with Crippen LogP contribution in [-0.2, 0) is 4.74 Å². The number of carbonyl (C=O) groups is 1. The van der Waals surface area contributed by atoms with Gasteiger partial charge in [0.2, 0.25) is 0 Å². The van der Waals surface area contributed by atoms with Crippen molar-refractivity contribution < 1.29 is 18.7 Å². The maximum atomic E-state index is 12.1. The van der Waals surface area contributed by atoms with Gasteiger partial charge >= 0.3 is 6.09 Å². The fraction of sp³-hybridized carbons (Fsp3) is 0.379. The summed E-state index contributed by atoms with van der Waals surface area (Å²) in [6.45, 7) is 5.63. The minimum absolute atomic E-state index is 0.127. The van der Waals surface area contributed by atoms with Crippen molar-refractivity contribution >= 4 is 33.5 Å².